The van der Waals surface area contributed by atoms with E-state index in [4.69, 9.17) is 0 Å². The van der Waals surface area contributed by atoms with Crippen LogP contribution in [0.1, 0.15) is 52.4 Å². The number of sulfonamides is 1. The molecule has 1 aliphatic carbocycles. The number of hydrogen-bond acceptors (Lipinski definition) is 3. The van der Waals surface area contributed by atoms with E-state index in [0.29, 0.717) is 6.54 Å². The van der Waals surface area contributed by atoms with Crippen LogP contribution in [-0.2, 0) is 10.0 Å². The van der Waals surface area contributed by atoms with Crippen LogP contribution < -0.4 is 15.4 Å². The van der Waals surface area contributed by atoms with E-state index in [1.165, 1.54) is 38.4 Å². The topological polar surface area (TPSA) is 82.6 Å². The first-order valence-corrected chi connectivity index (χ1v) is 10.0. The van der Waals surface area contributed by atoms with Gasteiger partial charge < -0.3 is 10.6 Å². The summed E-state index contributed by atoms with van der Waals surface area (Å²) in [6, 6.07) is 0. The van der Waals surface area contributed by atoms with Gasteiger partial charge in [-0.2, -0.15) is 0 Å². The zero-order valence-electron chi connectivity index (χ0n) is 14.4. The lowest BCUT2D eigenvalue weighted by molar-refractivity contribution is 0.445. The Morgan fingerprint density at radius 1 is 1.23 bits per heavy atom. The fourth-order valence-corrected chi connectivity index (χ4v) is 4.04. The van der Waals surface area contributed by atoms with E-state index >= 15 is 0 Å². The van der Waals surface area contributed by atoms with Crippen LogP contribution in [0.25, 0.3) is 0 Å². The number of aliphatic imine (C=N–C) groups is 1. The van der Waals surface area contributed by atoms with Crippen molar-refractivity contribution in [3.05, 3.63) is 0 Å². The van der Waals surface area contributed by atoms with Gasteiger partial charge in [-0.1, -0.05) is 25.7 Å². The number of guanidine groups is 1. The summed E-state index contributed by atoms with van der Waals surface area (Å²) in [6.45, 7) is 5.06. The summed E-state index contributed by atoms with van der Waals surface area (Å²) < 4.78 is 25.2. The zero-order chi connectivity index (χ0) is 16.6. The highest BCUT2D eigenvalue weighted by molar-refractivity contribution is 7.88. The fraction of sp³-hybridized carbons (Fsp3) is 0.933. The third-order valence-corrected chi connectivity index (χ3v) is 4.86. The highest BCUT2D eigenvalue weighted by Crippen LogP contribution is 2.28. The number of rotatable bonds is 8. The van der Waals surface area contributed by atoms with Gasteiger partial charge in [0.15, 0.2) is 5.96 Å². The number of nitrogens with zero attached hydrogens (tertiary/aromatic N) is 1. The minimum Gasteiger partial charge on any atom is -0.356 e. The SMILES string of the molecule is CN=C(NCCCC1CCCC1)NCC(C)(C)NS(C)(=O)=O. The highest BCUT2D eigenvalue weighted by atomic mass is 32.2. The predicted molar refractivity (Wildman–Crippen MR) is 92.6 cm³/mol. The molecule has 0 atom stereocenters. The van der Waals surface area contributed by atoms with Crippen molar-refractivity contribution >= 4 is 16.0 Å². The molecule has 6 nitrogen and oxygen atoms in total. The third kappa shape index (κ3) is 8.58. The Kier molecular flexibility index (Phi) is 7.62. The van der Waals surface area contributed by atoms with Crippen molar-refractivity contribution in [1.29, 1.82) is 0 Å². The Bertz CT molecular complexity index is 454. The number of nitrogens with one attached hydrogen (secondary N) is 3. The van der Waals surface area contributed by atoms with Gasteiger partial charge in [0.05, 0.1) is 6.26 Å². The Labute approximate surface area is 135 Å². The molecule has 1 fully saturated rings. The molecule has 0 aromatic heterocycles. The average molecular weight is 333 g/mol. The minimum absolute atomic E-state index is 0.475. The molecule has 22 heavy (non-hydrogen) atoms. The van der Waals surface area contributed by atoms with Gasteiger partial charge in [0, 0.05) is 25.7 Å². The lowest BCUT2D eigenvalue weighted by Crippen LogP contribution is -2.53. The first-order valence-electron chi connectivity index (χ1n) is 8.15. The summed E-state index contributed by atoms with van der Waals surface area (Å²) in [4.78, 5) is 4.17. The first kappa shape index (κ1) is 19.2. The van der Waals surface area contributed by atoms with Gasteiger partial charge in [-0.05, 0) is 32.6 Å². The summed E-state index contributed by atoms with van der Waals surface area (Å²) in [5.41, 5.74) is -0.560. The van der Waals surface area contributed by atoms with Gasteiger partial charge in [0.2, 0.25) is 10.0 Å². The molecular formula is C15H32N4O2S. The maximum absolute atomic E-state index is 11.3. The maximum atomic E-state index is 11.3. The smallest absolute Gasteiger partial charge is 0.209 e. The molecule has 1 saturated carbocycles. The van der Waals surface area contributed by atoms with Crippen molar-refractivity contribution in [1.82, 2.24) is 15.4 Å². The second-order valence-corrected chi connectivity index (χ2v) is 8.65. The Hall–Kier alpha value is -0.820. The summed E-state index contributed by atoms with van der Waals surface area (Å²) in [5.74, 6) is 1.63. The van der Waals surface area contributed by atoms with E-state index in [9.17, 15) is 8.42 Å². The van der Waals surface area contributed by atoms with Crippen molar-refractivity contribution in [3.8, 4) is 0 Å². The van der Waals surface area contributed by atoms with E-state index in [1.54, 1.807) is 7.05 Å². The van der Waals surface area contributed by atoms with Gasteiger partial charge in [-0.15, -0.1) is 0 Å². The van der Waals surface area contributed by atoms with Gasteiger partial charge in [-0.25, -0.2) is 13.1 Å². The molecule has 0 saturated heterocycles. The quantitative estimate of drug-likeness (QED) is 0.357. The van der Waals surface area contributed by atoms with Crippen LogP contribution in [0.5, 0.6) is 0 Å². The monoisotopic (exact) mass is 332 g/mol. The van der Waals surface area contributed by atoms with Crippen molar-refractivity contribution < 1.29 is 8.42 Å². The predicted octanol–water partition coefficient (Wildman–Crippen LogP) is 1.45. The van der Waals surface area contributed by atoms with Crippen LogP contribution in [0.4, 0.5) is 0 Å². The molecule has 0 aromatic carbocycles. The second-order valence-electron chi connectivity index (χ2n) is 6.90. The van der Waals surface area contributed by atoms with Gasteiger partial charge in [0.1, 0.15) is 0 Å². The normalized spacial score (nSPS) is 17.7. The summed E-state index contributed by atoms with van der Waals surface area (Å²) in [6.07, 6.45) is 9.16. The maximum Gasteiger partial charge on any atom is 0.209 e. The van der Waals surface area contributed by atoms with Crippen LogP contribution >= 0.6 is 0 Å². The van der Waals surface area contributed by atoms with Gasteiger partial charge >= 0.3 is 0 Å². The summed E-state index contributed by atoms with van der Waals surface area (Å²) in [5, 5.41) is 6.46. The van der Waals surface area contributed by atoms with Crippen LogP contribution in [0, 0.1) is 5.92 Å². The lowest BCUT2D eigenvalue weighted by atomic mass is 10.0. The molecule has 7 heteroatoms. The number of hydrogen-bond donors (Lipinski definition) is 3. The molecule has 0 unspecified atom stereocenters. The van der Waals surface area contributed by atoms with Crippen molar-refractivity contribution in [2.75, 3.05) is 26.4 Å². The molecule has 0 heterocycles. The molecular weight excluding hydrogens is 300 g/mol. The first-order chi connectivity index (χ1) is 10.2. The third-order valence-electron chi connectivity index (χ3n) is 3.94. The Morgan fingerprint density at radius 3 is 2.41 bits per heavy atom. The average Bonchev–Trinajstić information content (AvgIpc) is 2.88. The molecule has 130 valence electrons. The summed E-state index contributed by atoms with van der Waals surface area (Å²) >= 11 is 0. The highest BCUT2D eigenvalue weighted by Gasteiger charge is 2.22. The van der Waals surface area contributed by atoms with E-state index < -0.39 is 15.6 Å². The Morgan fingerprint density at radius 2 is 1.86 bits per heavy atom. The molecule has 1 aliphatic rings. The van der Waals surface area contributed by atoms with E-state index in [1.807, 2.05) is 13.8 Å². The van der Waals surface area contributed by atoms with Crippen molar-refractivity contribution in [2.45, 2.75) is 57.9 Å². The fourth-order valence-electron chi connectivity index (χ4n) is 2.96. The minimum atomic E-state index is -3.22. The molecule has 0 bridgehead atoms. The molecule has 3 N–H and O–H groups in total. The van der Waals surface area contributed by atoms with Crippen molar-refractivity contribution in [3.63, 3.8) is 0 Å². The second kappa shape index (κ2) is 8.72. The van der Waals surface area contributed by atoms with E-state index in [0.717, 1.165) is 24.8 Å². The standard InChI is InChI=1S/C15H32N4O2S/c1-15(2,19-22(4,20)21)12-18-14(16-3)17-11-7-10-13-8-5-6-9-13/h13,19H,5-12H2,1-4H3,(H2,16,17,18). The molecule has 0 spiro atoms. The molecule has 0 amide bonds. The molecule has 0 radical (unpaired) electrons. The Balaban J connectivity index is 2.24. The van der Waals surface area contributed by atoms with Crippen LogP contribution in [0.15, 0.2) is 4.99 Å². The van der Waals surface area contributed by atoms with Gasteiger partial charge in [0.25, 0.3) is 0 Å². The molecule has 0 aromatic rings. The zero-order valence-corrected chi connectivity index (χ0v) is 15.2. The van der Waals surface area contributed by atoms with E-state index in [-0.39, 0.29) is 0 Å². The van der Waals surface area contributed by atoms with Crippen LogP contribution in [0.3, 0.4) is 0 Å². The largest absolute Gasteiger partial charge is 0.356 e. The lowest BCUT2D eigenvalue weighted by Gasteiger charge is -2.26. The van der Waals surface area contributed by atoms with E-state index in [2.05, 4.69) is 20.3 Å². The van der Waals surface area contributed by atoms with Crippen LogP contribution in [-0.4, -0.2) is 46.3 Å². The summed E-state index contributed by atoms with van der Waals surface area (Å²) in [7, 11) is -1.49. The van der Waals surface area contributed by atoms with Gasteiger partial charge in [-0.3, -0.25) is 4.99 Å². The van der Waals surface area contributed by atoms with Crippen LogP contribution in [0.2, 0.25) is 0 Å². The molecule has 1 rings (SSSR count). The van der Waals surface area contributed by atoms with Crippen molar-refractivity contribution in [2.24, 2.45) is 10.9 Å². The molecule has 0 aliphatic heterocycles.